The van der Waals surface area contributed by atoms with E-state index in [2.05, 4.69) is 10.2 Å². The fourth-order valence-corrected chi connectivity index (χ4v) is 2.14. The van der Waals surface area contributed by atoms with Crippen LogP contribution in [-0.2, 0) is 4.79 Å². The number of likely N-dealkylation sites (N-methyl/N-ethyl adjacent to an activating group) is 1. The Kier molecular flexibility index (Phi) is 4.56. The van der Waals surface area contributed by atoms with Crippen molar-refractivity contribution < 1.29 is 13.9 Å². The highest BCUT2D eigenvalue weighted by Gasteiger charge is 2.12. The number of benzene rings is 2. The molecule has 0 bridgehead atoms. The van der Waals surface area contributed by atoms with Gasteiger partial charge in [-0.15, -0.1) is 10.2 Å². The quantitative estimate of drug-likeness (QED) is 0.722. The molecule has 0 aliphatic heterocycles. The van der Waals surface area contributed by atoms with Gasteiger partial charge in [-0.25, -0.2) is 0 Å². The Morgan fingerprint density at radius 3 is 2.42 bits per heavy atom. The first-order valence-corrected chi connectivity index (χ1v) is 7.48. The van der Waals surface area contributed by atoms with Crippen LogP contribution >= 0.6 is 0 Å². The van der Waals surface area contributed by atoms with E-state index < -0.39 is 0 Å². The zero-order valence-electron chi connectivity index (χ0n) is 13.5. The summed E-state index contributed by atoms with van der Waals surface area (Å²) in [5.41, 5.74) is 1.63. The maximum Gasteiger partial charge on any atom is 0.264 e. The van der Waals surface area contributed by atoms with Gasteiger partial charge < -0.3 is 14.1 Å². The number of hydrogen-bond acceptors (Lipinski definition) is 5. The summed E-state index contributed by atoms with van der Waals surface area (Å²) in [6.45, 7) is 1.70. The topological polar surface area (TPSA) is 68.5 Å². The van der Waals surface area contributed by atoms with Crippen LogP contribution in [-0.4, -0.2) is 29.8 Å². The van der Waals surface area contributed by atoms with Gasteiger partial charge in [0, 0.05) is 25.2 Å². The fourth-order valence-electron chi connectivity index (χ4n) is 2.14. The number of ether oxygens (including phenoxy) is 1. The molecule has 24 heavy (non-hydrogen) atoms. The molecule has 0 radical (unpaired) electrons. The molecule has 2 aromatic carbocycles. The minimum Gasteiger partial charge on any atom is -0.484 e. The van der Waals surface area contributed by atoms with Gasteiger partial charge in [-0.1, -0.05) is 18.2 Å². The highest BCUT2D eigenvalue weighted by molar-refractivity contribution is 5.93. The minimum absolute atomic E-state index is 0.0373. The van der Waals surface area contributed by atoms with Crippen LogP contribution in [0.15, 0.2) is 59.0 Å². The summed E-state index contributed by atoms with van der Waals surface area (Å²) in [6, 6.07) is 16.6. The highest BCUT2D eigenvalue weighted by Crippen LogP contribution is 2.21. The molecule has 6 nitrogen and oxygen atoms in total. The Bertz CT molecular complexity index is 813. The lowest BCUT2D eigenvalue weighted by atomic mass is 10.2. The van der Waals surface area contributed by atoms with Gasteiger partial charge in [0.15, 0.2) is 6.61 Å². The van der Waals surface area contributed by atoms with Crippen LogP contribution < -0.4 is 9.64 Å². The van der Waals surface area contributed by atoms with Crippen LogP contribution in [0.25, 0.3) is 11.5 Å². The van der Waals surface area contributed by atoms with Crippen molar-refractivity contribution in [3.8, 4) is 17.2 Å². The lowest BCUT2D eigenvalue weighted by Crippen LogP contribution is -2.31. The first kappa shape index (κ1) is 15.7. The molecule has 0 atom stereocenters. The van der Waals surface area contributed by atoms with Gasteiger partial charge in [0.25, 0.3) is 5.91 Å². The number of hydrogen-bond donors (Lipinski definition) is 0. The molecule has 0 unspecified atom stereocenters. The van der Waals surface area contributed by atoms with E-state index in [9.17, 15) is 4.79 Å². The molecular formula is C18H17N3O3. The van der Waals surface area contributed by atoms with Gasteiger partial charge in [-0.3, -0.25) is 4.79 Å². The third-order valence-electron chi connectivity index (χ3n) is 3.51. The third-order valence-corrected chi connectivity index (χ3v) is 3.51. The Hall–Kier alpha value is -3.15. The summed E-state index contributed by atoms with van der Waals surface area (Å²) >= 11 is 0. The van der Waals surface area contributed by atoms with Gasteiger partial charge in [0.2, 0.25) is 11.8 Å². The fraction of sp³-hybridized carbons (Fsp3) is 0.167. The van der Waals surface area contributed by atoms with Crippen LogP contribution in [0.5, 0.6) is 5.75 Å². The largest absolute Gasteiger partial charge is 0.484 e. The molecule has 0 fully saturated rings. The summed E-state index contributed by atoms with van der Waals surface area (Å²) < 4.78 is 10.9. The first-order chi connectivity index (χ1) is 11.6. The zero-order chi connectivity index (χ0) is 16.9. The highest BCUT2D eigenvalue weighted by atomic mass is 16.5. The molecule has 0 saturated carbocycles. The van der Waals surface area contributed by atoms with Crippen molar-refractivity contribution in [3.05, 3.63) is 60.5 Å². The Labute approximate surface area is 139 Å². The molecule has 122 valence electrons. The van der Waals surface area contributed by atoms with E-state index in [1.54, 1.807) is 31.0 Å². The van der Waals surface area contributed by atoms with E-state index >= 15 is 0 Å². The molecule has 6 heteroatoms. The summed E-state index contributed by atoms with van der Waals surface area (Å²) in [4.78, 5) is 13.7. The number of amides is 1. The Balaban J connectivity index is 1.59. The average molecular weight is 323 g/mol. The number of carbonyl (C=O) groups is 1. The van der Waals surface area contributed by atoms with Crippen LogP contribution in [0, 0.1) is 6.92 Å². The van der Waals surface area contributed by atoms with Crippen molar-refractivity contribution in [3.63, 3.8) is 0 Å². The number of aryl methyl sites for hydroxylation is 1. The van der Waals surface area contributed by atoms with Crippen molar-refractivity contribution >= 4 is 11.6 Å². The van der Waals surface area contributed by atoms with Gasteiger partial charge in [0.05, 0.1) is 0 Å². The van der Waals surface area contributed by atoms with Crippen molar-refractivity contribution in [2.24, 2.45) is 0 Å². The molecule has 1 aromatic heterocycles. The van der Waals surface area contributed by atoms with E-state index in [0.29, 0.717) is 17.5 Å². The Morgan fingerprint density at radius 1 is 1.08 bits per heavy atom. The molecule has 3 aromatic rings. The lowest BCUT2D eigenvalue weighted by Gasteiger charge is -2.17. The standard InChI is InChI=1S/C18H17N3O3/c1-13-19-20-18(24-13)14-8-10-16(11-9-14)23-12-17(22)21(2)15-6-4-3-5-7-15/h3-11H,12H2,1-2H3. The predicted molar refractivity (Wildman–Crippen MR) is 89.8 cm³/mol. The van der Waals surface area contributed by atoms with Gasteiger partial charge in [0.1, 0.15) is 5.75 Å². The van der Waals surface area contributed by atoms with E-state index in [1.165, 1.54) is 0 Å². The smallest absolute Gasteiger partial charge is 0.264 e. The molecule has 0 aliphatic rings. The number of aromatic nitrogens is 2. The van der Waals surface area contributed by atoms with Gasteiger partial charge in [-0.2, -0.15) is 0 Å². The monoisotopic (exact) mass is 323 g/mol. The maximum atomic E-state index is 12.2. The summed E-state index contributed by atoms with van der Waals surface area (Å²) in [7, 11) is 1.72. The summed E-state index contributed by atoms with van der Waals surface area (Å²) in [6.07, 6.45) is 0. The number of anilines is 1. The second kappa shape index (κ2) is 6.95. The number of carbonyl (C=O) groups excluding carboxylic acids is 1. The van der Waals surface area contributed by atoms with Crippen molar-refractivity contribution in [2.75, 3.05) is 18.6 Å². The Morgan fingerprint density at radius 2 is 1.79 bits per heavy atom. The second-order valence-electron chi connectivity index (χ2n) is 5.23. The van der Waals surface area contributed by atoms with Crippen LogP contribution in [0.4, 0.5) is 5.69 Å². The first-order valence-electron chi connectivity index (χ1n) is 7.48. The van der Waals surface area contributed by atoms with E-state index in [-0.39, 0.29) is 12.5 Å². The predicted octanol–water partition coefficient (Wildman–Crippen LogP) is 3.09. The number of rotatable bonds is 5. The molecular weight excluding hydrogens is 306 g/mol. The van der Waals surface area contributed by atoms with Gasteiger partial charge in [-0.05, 0) is 36.4 Å². The molecule has 0 spiro atoms. The van der Waals surface area contributed by atoms with E-state index in [4.69, 9.17) is 9.15 Å². The number of para-hydroxylation sites is 1. The van der Waals surface area contributed by atoms with Crippen molar-refractivity contribution in [1.82, 2.24) is 10.2 Å². The molecule has 0 saturated heterocycles. The van der Waals surface area contributed by atoms with Crippen molar-refractivity contribution in [2.45, 2.75) is 6.92 Å². The SMILES string of the molecule is Cc1nnc(-c2ccc(OCC(=O)N(C)c3ccccc3)cc2)o1. The minimum atomic E-state index is -0.127. The van der Waals surface area contributed by atoms with E-state index in [1.807, 2.05) is 42.5 Å². The van der Waals surface area contributed by atoms with Crippen molar-refractivity contribution in [1.29, 1.82) is 0 Å². The van der Waals surface area contributed by atoms with E-state index in [0.717, 1.165) is 11.3 Å². The summed E-state index contributed by atoms with van der Waals surface area (Å²) in [5, 5.41) is 7.75. The molecule has 0 N–H and O–H groups in total. The maximum absolute atomic E-state index is 12.2. The lowest BCUT2D eigenvalue weighted by molar-refractivity contribution is -0.120. The number of nitrogens with zero attached hydrogens (tertiary/aromatic N) is 3. The molecule has 1 amide bonds. The average Bonchev–Trinajstić information content (AvgIpc) is 3.06. The van der Waals surface area contributed by atoms with Gasteiger partial charge >= 0.3 is 0 Å². The molecule has 0 aliphatic carbocycles. The zero-order valence-corrected chi connectivity index (χ0v) is 13.5. The third kappa shape index (κ3) is 3.60. The normalized spacial score (nSPS) is 10.4. The van der Waals surface area contributed by atoms with Crippen LogP contribution in [0.3, 0.4) is 0 Å². The van der Waals surface area contributed by atoms with Crippen LogP contribution in [0.1, 0.15) is 5.89 Å². The second-order valence-corrected chi connectivity index (χ2v) is 5.23. The summed E-state index contributed by atoms with van der Waals surface area (Å²) in [5.74, 6) is 1.45. The molecule has 1 heterocycles. The molecule has 3 rings (SSSR count). The van der Waals surface area contributed by atoms with Crippen LogP contribution in [0.2, 0.25) is 0 Å².